The van der Waals surface area contributed by atoms with E-state index in [4.69, 9.17) is 0 Å². The van der Waals surface area contributed by atoms with Crippen molar-refractivity contribution in [2.45, 2.75) is 27.2 Å². The molecular weight excluding hydrogens is 414 g/mol. The van der Waals surface area contributed by atoms with Gasteiger partial charge < -0.3 is 4.40 Å². The van der Waals surface area contributed by atoms with Gasteiger partial charge in [-0.15, -0.1) is 24.3 Å². The maximum absolute atomic E-state index is 4.52. The van der Waals surface area contributed by atoms with Gasteiger partial charge in [0, 0.05) is 32.0 Å². The van der Waals surface area contributed by atoms with Gasteiger partial charge in [-0.3, -0.25) is 9.97 Å². The molecule has 1 radical (unpaired) electrons. The van der Waals surface area contributed by atoms with Crippen LogP contribution in [-0.4, -0.2) is 14.4 Å². The summed E-state index contributed by atoms with van der Waals surface area (Å²) in [6, 6.07) is 9.07. The number of nitrogens with zero attached hydrogens (tertiary/aromatic N) is 3. The Bertz CT molecular complexity index is 710. The largest absolute Gasteiger partial charge is 0.329 e. The van der Waals surface area contributed by atoms with Crippen molar-refractivity contribution in [1.82, 2.24) is 14.4 Å². The summed E-state index contributed by atoms with van der Waals surface area (Å²) in [6.45, 7) is 6.69. The number of rotatable bonds is 1. The fraction of sp³-hybridized carbons (Fsp3) is 0.333. The number of benzene rings is 1. The Kier molecular flexibility index (Phi) is 3.75. The van der Waals surface area contributed by atoms with Gasteiger partial charge in [0.2, 0.25) is 0 Å². The molecule has 0 N–H and O–H groups in total. The van der Waals surface area contributed by atoms with Crippen LogP contribution in [0.2, 0.25) is 0 Å². The molecule has 2 heterocycles. The van der Waals surface area contributed by atoms with Gasteiger partial charge in [0.25, 0.3) is 0 Å². The Balaban J connectivity index is 0.00000133. The maximum Gasteiger partial charge on any atom is 0.0818 e. The van der Waals surface area contributed by atoms with E-state index < -0.39 is 0 Å². The Hall–Kier alpha value is -1.25. The summed E-state index contributed by atoms with van der Waals surface area (Å²) < 4.78 is 2.07. The van der Waals surface area contributed by atoms with E-state index in [2.05, 4.69) is 41.2 Å². The third kappa shape index (κ3) is 2.70. The fourth-order valence-electron chi connectivity index (χ4n) is 2.22. The van der Waals surface area contributed by atoms with E-state index in [1.807, 2.05) is 30.7 Å². The molecule has 0 aliphatic carbocycles. The quantitative estimate of drug-likeness (QED) is 0.555. The van der Waals surface area contributed by atoms with E-state index >= 15 is 0 Å². The van der Waals surface area contributed by atoms with Crippen molar-refractivity contribution in [2.24, 2.45) is 5.41 Å². The summed E-state index contributed by atoms with van der Waals surface area (Å²) in [5.41, 5.74) is 3.33. The van der Waals surface area contributed by atoms with E-state index in [9.17, 15) is 0 Å². The number of aromatic nitrogens is 3. The minimum absolute atomic E-state index is 0. The molecule has 19 heavy (non-hydrogen) atoms. The van der Waals surface area contributed by atoms with Crippen LogP contribution in [0.1, 0.15) is 26.5 Å². The summed E-state index contributed by atoms with van der Waals surface area (Å²) in [4.78, 5) is 8.99. The molecule has 0 atom stereocenters. The van der Waals surface area contributed by atoms with Crippen LogP contribution in [0.4, 0.5) is 0 Å². The topological polar surface area (TPSA) is 30.2 Å². The number of fused-ring (bicyclic) bond motifs is 3. The molecule has 0 bridgehead atoms. The molecule has 2 aromatic heterocycles. The van der Waals surface area contributed by atoms with Gasteiger partial charge >= 0.3 is 0 Å². The zero-order chi connectivity index (χ0) is 12.8. The second-order valence-corrected chi connectivity index (χ2v) is 5.86. The van der Waals surface area contributed by atoms with Crippen LogP contribution in [0.3, 0.4) is 0 Å². The molecule has 101 valence electrons. The first-order valence-corrected chi connectivity index (χ1v) is 6.16. The van der Waals surface area contributed by atoms with E-state index in [1.54, 1.807) is 0 Å². The SMILES string of the molecule is CC(C)(C)Cc1cnc2c3[c-]cccc3ncn12.[Ir]. The van der Waals surface area contributed by atoms with Crippen LogP contribution < -0.4 is 0 Å². The van der Waals surface area contributed by atoms with Gasteiger partial charge in [-0.2, -0.15) is 0 Å². The predicted octanol–water partition coefficient (Wildman–Crippen LogP) is 3.27. The van der Waals surface area contributed by atoms with Crippen LogP contribution in [0, 0.1) is 11.5 Å². The molecule has 0 amide bonds. The molecule has 0 spiro atoms. The van der Waals surface area contributed by atoms with Crippen LogP contribution in [-0.2, 0) is 26.5 Å². The smallest absolute Gasteiger partial charge is 0.0818 e. The molecule has 0 aliphatic heterocycles. The normalized spacial score (nSPS) is 11.7. The van der Waals surface area contributed by atoms with Gasteiger partial charge in [0.05, 0.1) is 12.0 Å². The molecular formula is C15H16IrN3-. The van der Waals surface area contributed by atoms with Crippen molar-refractivity contribution >= 4 is 16.6 Å². The first-order valence-electron chi connectivity index (χ1n) is 6.16. The molecule has 0 fully saturated rings. The number of imidazole rings is 1. The second-order valence-electron chi connectivity index (χ2n) is 5.86. The average molecular weight is 431 g/mol. The van der Waals surface area contributed by atoms with Crippen LogP contribution in [0.15, 0.2) is 30.7 Å². The molecule has 3 nitrogen and oxygen atoms in total. The fourth-order valence-corrected chi connectivity index (χ4v) is 2.22. The molecule has 3 rings (SSSR count). The molecule has 3 aromatic rings. The Morgan fingerprint density at radius 3 is 2.79 bits per heavy atom. The molecule has 1 aromatic carbocycles. The minimum Gasteiger partial charge on any atom is -0.329 e. The Morgan fingerprint density at radius 2 is 2.05 bits per heavy atom. The van der Waals surface area contributed by atoms with Crippen molar-refractivity contribution in [2.75, 3.05) is 0 Å². The summed E-state index contributed by atoms with van der Waals surface area (Å²) >= 11 is 0. The van der Waals surface area contributed by atoms with Gasteiger partial charge in [0.1, 0.15) is 0 Å². The minimum atomic E-state index is 0. The molecule has 0 aliphatic rings. The van der Waals surface area contributed by atoms with Gasteiger partial charge in [0.15, 0.2) is 0 Å². The van der Waals surface area contributed by atoms with Crippen molar-refractivity contribution in [3.05, 3.63) is 42.5 Å². The number of hydrogen-bond acceptors (Lipinski definition) is 2. The summed E-state index contributed by atoms with van der Waals surface area (Å²) in [5, 5.41) is 0.986. The zero-order valence-electron chi connectivity index (χ0n) is 11.3. The standard InChI is InChI=1S/C15H16N3.Ir/c1-15(2,3)8-11-9-16-14-12-6-4-5-7-13(12)17-10-18(11)14;/h4-5,7,9-10H,8H2,1-3H3;/q-1;. The molecule has 0 unspecified atom stereocenters. The number of hydrogen-bond donors (Lipinski definition) is 0. The third-order valence-corrected chi connectivity index (χ3v) is 2.95. The van der Waals surface area contributed by atoms with E-state index in [0.717, 1.165) is 23.0 Å². The summed E-state index contributed by atoms with van der Waals surface area (Å²) in [6.07, 6.45) is 4.79. The van der Waals surface area contributed by atoms with Crippen LogP contribution in [0.25, 0.3) is 16.6 Å². The maximum atomic E-state index is 4.52. The Labute approximate surface area is 126 Å². The van der Waals surface area contributed by atoms with Crippen molar-refractivity contribution in [3.63, 3.8) is 0 Å². The molecule has 0 saturated heterocycles. The van der Waals surface area contributed by atoms with E-state index in [1.165, 1.54) is 5.69 Å². The predicted molar refractivity (Wildman–Crippen MR) is 72.5 cm³/mol. The monoisotopic (exact) mass is 431 g/mol. The van der Waals surface area contributed by atoms with Crippen molar-refractivity contribution < 1.29 is 20.1 Å². The van der Waals surface area contributed by atoms with Crippen molar-refractivity contribution in [3.8, 4) is 0 Å². The van der Waals surface area contributed by atoms with Crippen molar-refractivity contribution in [1.29, 1.82) is 0 Å². The first-order chi connectivity index (χ1) is 8.54. The summed E-state index contributed by atoms with van der Waals surface area (Å²) in [7, 11) is 0. The third-order valence-electron chi connectivity index (χ3n) is 2.95. The van der Waals surface area contributed by atoms with E-state index in [-0.39, 0.29) is 25.5 Å². The molecule has 0 saturated carbocycles. The first kappa shape index (κ1) is 14.2. The van der Waals surface area contributed by atoms with Gasteiger partial charge in [-0.1, -0.05) is 26.2 Å². The zero-order valence-corrected chi connectivity index (χ0v) is 13.7. The van der Waals surface area contributed by atoms with Crippen LogP contribution >= 0.6 is 0 Å². The second kappa shape index (κ2) is 5.03. The van der Waals surface area contributed by atoms with E-state index in [0.29, 0.717) is 0 Å². The Morgan fingerprint density at radius 1 is 1.26 bits per heavy atom. The summed E-state index contributed by atoms with van der Waals surface area (Å²) in [5.74, 6) is 0. The average Bonchev–Trinajstić information content (AvgIpc) is 2.71. The van der Waals surface area contributed by atoms with Gasteiger partial charge in [-0.05, 0) is 17.4 Å². The van der Waals surface area contributed by atoms with Gasteiger partial charge in [-0.25, -0.2) is 0 Å². The molecule has 4 heteroatoms. The van der Waals surface area contributed by atoms with Crippen LogP contribution in [0.5, 0.6) is 0 Å².